The number of anilines is 1. The Hall–Kier alpha value is -1.56. The maximum atomic E-state index is 14.4. The van der Waals surface area contributed by atoms with Gasteiger partial charge in [0.2, 0.25) is 5.72 Å². The Bertz CT molecular complexity index is 896. The number of methoxy groups -OCH3 is 1. The molecule has 0 spiro atoms. The number of rotatable bonds is 5. The zero-order valence-corrected chi connectivity index (χ0v) is 20.6. The molecule has 9 heteroatoms. The SMILES string of the molecule is CCC1(CCI)CC(O)(C(=O)OC)N2C(=O)C1(NC)N(C)CCC(=O)c1ccccc12. The number of esters is 1. The molecule has 3 atom stereocenters. The second-order valence-corrected chi connectivity index (χ2v) is 9.35. The number of fused-ring (bicyclic) bond motifs is 4. The quantitative estimate of drug-likeness (QED) is 0.333. The third-order valence-corrected chi connectivity index (χ3v) is 7.59. The number of carbonyl (C=O) groups excluding carboxylic acids is 3. The number of benzene rings is 1. The summed E-state index contributed by atoms with van der Waals surface area (Å²) in [6, 6.07) is 6.62. The van der Waals surface area contributed by atoms with Crippen LogP contribution in [0.15, 0.2) is 24.3 Å². The number of hydrogen-bond acceptors (Lipinski definition) is 7. The van der Waals surface area contributed by atoms with E-state index in [4.69, 9.17) is 4.74 Å². The number of carbonyl (C=O) groups is 3. The van der Waals surface area contributed by atoms with Crippen molar-refractivity contribution in [1.82, 2.24) is 10.2 Å². The van der Waals surface area contributed by atoms with Gasteiger partial charge in [-0.05, 0) is 39.1 Å². The van der Waals surface area contributed by atoms with E-state index in [1.807, 2.05) is 18.9 Å². The predicted molar refractivity (Wildman–Crippen MR) is 125 cm³/mol. The van der Waals surface area contributed by atoms with E-state index in [2.05, 4.69) is 27.9 Å². The fourth-order valence-electron chi connectivity index (χ4n) is 5.49. The number of amides is 1. The molecule has 1 aromatic rings. The van der Waals surface area contributed by atoms with E-state index in [9.17, 15) is 19.5 Å². The number of para-hydroxylation sites is 1. The molecular weight excluding hydrogens is 513 g/mol. The minimum atomic E-state index is -2.24. The van der Waals surface area contributed by atoms with Crippen LogP contribution in [0.4, 0.5) is 5.69 Å². The highest BCUT2D eigenvalue weighted by Crippen LogP contribution is 2.54. The summed E-state index contributed by atoms with van der Waals surface area (Å²) in [5.41, 5.74) is -3.72. The highest BCUT2D eigenvalue weighted by atomic mass is 127. The van der Waals surface area contributed by atoms with Crippen molar-refractivity contribution in [2.75, 3.05) is 37.1 Å². The van der Waals surface area contributed by atoms with Crippen LogP contribution in [0.5, 0.6) is 0 Å². The number of alkyl halides is 1. The summed E-state index contributed by atoms with van der Waals surface area (Å²) < 4.78 is 5.71. The molecule has 3 unspecified atom stereocenters. The second-order valence-electron chi connectivity index (χ2n) is 8.27. The number of ketones is 1. The van der Waals surface area contributed by atoms with Crippen LogP contribution in [0.1, 0.15) is 43.0 Å². The normalized spacial score (nSPS) is 31.5. The molecule has 1 aromatic carbocycles. The molecule has 2 N–H and O–H groups in total. The van der Waals surface area contributed by atoms with Crippen molar-refractivity contribution in [3.05, 3.63) is 29.8 Å². The van der Waals surface area contributed by atoms with Crippen molar-refractivity contribution in [1.29, 1.82) is 0 Å². The Morgan fingerprint density at radius 1 is 1.32 bits per heavy atom. The van der Waals surface area contributed by atoms with E-state index in [1.165, 1.54) is 7.11 Å². The number of hydrogen-bond donors (Lipinski definition) is 2. The molecule has 0 saturated carbocycles. The molecule has 2 aliphatic heterocycles. The van der Waals surface area contributed by atoms with Gasteiger partial charge in [0.25, 0.3) is 5.91 Å². The number of Topliss-reactive ketones (excluding diaryl/α,β-unsaturated/α-hetero) is 1. The zero-order chi connectivity index (χ0) is 23.0. The number of ether oxygens (including phenoxy) is 1. The molecule has 8 nitrogen and oxygen atoms in total. The first kappa shape index (κ1) is 24.1. The summed E-state index contributed by atoms with van der Waals surface area (Å²) in [7, 11) is 4.73. The van der Waals surface area contributed by atoms with E-state index in [0.717, 1.165) is 9.33 Å². The third-order valence-electron chi connectivity index (χ3n) is 7.05. The minimum absolute atomic E-state index is 0.0222. The third kappa shape index (κ3) is 3.32. The lowest BCUT2D eigenvalue weighted by Crippen LogP contribution is -2.82. The average molecular weight is 543 g/mol. The summed E-state index contributed by atoms with van der Waals surface area (Å²) in [4.78, 5) is 43.4. The van der Waals surface area contributed by atoms with Crippen LogP contribution in [0, 0.1) is 5.41 Å². The Morgan fingerprint density at radius 3 is 2.58 bits per heavy atom. The van der Waals surface area contributed by atoms with Crippen LogP contribution in [-0.2, 0) is 14.3 Å². The molecule has 1 amide bonds. The van der Waals surface area contributed by atoms with E-state index in [-0.39, 0.29) is 24.3 Å². The van der Waals surface area contributed by atoms with Crippen molar-refractivity contribution < 1.29 is 24.2 Å². The first-order valence-corrected chi connectivity index (χ1v) is 12.0. The number of halogens is 1. The molecule has 2 aliphatic rings. The molecule has 2 heterocycles. The van der Waals surface area contributed by atoms with E-state index in [1.54, 1.807) is 31.3 Å². The molecular formula is C22H30IN3O5. The fourth-order valence-corrected chi connectivity index (χ4v) is 6.52. The largest absolute Gasteiger partial charge is 0.465 e. The molecule has 1 fully saturated rings. The van der Waals surface area contributed by atoms with Crippen molar-refractivity contribution in [2.24, 2.45) is 5.41 Å². The number of aliphatic hydroxyl groups is 1. The molecule has 0 radical (unpaired) electrons. The second kappa shape index (κ2) is 8.76. The first-order chi connectivity index (χ1) is 14.7. The number of likely N-dealkylation sites (N-methyl/N-ethyl adjacent to an activating group) is 2. The van der Waals surface area contributed by atoms with Gasteiger partial charge in [-0.1, -0.05) is 41.6 Å². The topological polar surface area (TPSA) is 99.2 Å². The average Bonchev–Trinajstić information content (AvgIpc) is 2.79. The van der Waals surface area contributed by atoms with Gasteiger partial charge in [0.15, 0.2) is 11.4 Å². The van der Waals surface area contributed by atoms with Crippen molar-refractivity contribution in [3.8, 4) is 0 Å². The molecule has 170 valence electrons. The highest BCUT2D eigenvalue weighted by molar-refractivity contribution is 14.1. The fraction of sp³-hybridized carbons (Fsp3) is 0.591. The van der Waals surface area contributed by atoms with Crippen LogP contribution in [0.3, 0.4) is 0 Å². The van der Waals surface area contributed by atoms with Gasteiger partial charge in [-0.15, -0.1) is 0 Å². The minimum Gasteiger partial charge on any atom is -0.465 e. The van der Waals surface area contributed by atoms with Gasteiger partial charge in [-0.25, -0.2) is 4.79 Å². The Balaban J connectivity index is 2.42. The highest BCUT2D eigenvalue weighted by Gasteiger charge is 2.69. The standard InChI is InChI=1S/C22H30IN3O5/c1-5-20(11-12-23)14-21(30,19(29)31-4)26-16-9-7-6-8-15(16)17(27)10-13-25(3)22(20,24-2)18(26)28/h6-9,24,30H,5,10-14H2,1-4H3. The van der Waals surface area contributed by atoms with E-state index in [0.29, 0.717) is 24.9 Å². The molecule has 31 heavy (non-hydrogen) atoms. The van der Waals surface area contributed by atoms with Crippen LogP contribution >= 0.6 is 22.6 Å². The molecule has 1 saturated heterocycles. The lowest BCUT2D eigenvalue weighted by Gasteiger charge is -2.61. The Morgan fingerprint density at radius 2 is 2.00 bits per heavy atom. The number of nitrogens with zero attached hydrogens (tertiary/aromatic N) is 2. The molecule has 0 aromatic heterocycles. The van der Waals surface area contributed by atoms with Crippen LogP contribution < -0.4 is 10.2 Å². The zero-order valence-electron chi connectivity index (χ0n) is 18.4. The number of piperidine rings is 1. The lowest BCUT2D eigenvalue weighted by molar-refractivity contribution is -0.190. The van der Waals surface area contributed by atoms with Gasteiger partial charge >= 0.3 is 5.97 Å². The Kier molecular flexibility index (Phi) is 6.81. The molecule has 3 rings (SSSR count). The van der Waals surface area contributed by atoms with Gasteiger partial charge in [-0.3, -0.25) is 24.7 Å². The van der Waals surface area contributed by atoms with Gasteiger partial charge in [0.1, 0.15) is 0 Å². The van der Waals surface area contributed by atoms with Gasteiger partial charge < -0.3 is 9.84 Å². The monoisotopic (exact) mass is 543 g/mol. The summed E-state index contributed by atoms with van der Waals surface area (Å²) >= 11 is 2.25. The van der Waals surface area contributed by atoms with E-state index < -0.39 is 28.7 Å². The van der Waals surface area contributed by atoms with E-state index >= 15 is 0 Å². The lowest BCUT2D eigenvalue weighted by atomic mass is 9.61. The molecule has 0 aliphatic carbocycles. The van der Waals surface area contributed by atoms with Gasteiger partial charge in [-0.2, -0.15) is 0 Å². The maximum absolute atomic E-state index is 14.4. The predicted octanol–water partition coefficient (Wildman–Crippen LogP) is 1.94. The van der Waals surface area contributed by atoms with Gasteiger partial charge in [0, 0.05) is 34.8 Å². The molecule has 2 bridgehead atoms. The van der Waals surface area contributed by atoms with Gasteiger partial charge in [0.05, 0.1) is 12.8 Å². The van der Waals surface area contributed by atoms with Crippen LogP contribution in [0.2, 0.25) is 0 Å². The van der Waals surface area contributed by atoms with Crippen molar-refractivity contribution in [2.45, 2.75) is 44.0 Å². The summed E-state index contributed by atoms with van der Waals surface area (Å²) in [6.45, 7) is 2.32. The van der Waals surface area contributed by atoms with Crippen molar-refractivity contribution in [3.63, 3.8) is 0 Å². The summed E-state index contributed by atoms with van der Waals surface area (Å²) in [5, 5.41) is 15.1. The number of nitrogens with one attached hydrogen (secondary N) is 1. The summed E-state index contributed by atoms with van der Waals surface area (Å²) in [6.07, 6.45) is 1.31. The summed E-state index contributed by atoms with van der Waals surface area (Å²) in [5.74, 6) is -1.54. The smallest absolute Gasteiger partial charge is 0.359 e. The Labute approximate surface area is 196 Å². The van der Waals surface area contributed by atoms with Crippen LogP contribution in [0.25, 0.3) is 0 Å². The maximum Gasteiger partial charge on any atom is 0.359 e. The van der Waals surface area contributed by atoms with Crippen LogP contribution in [-0.4, -0.2) is 71.2 Å². The first-order valence-electron chi connectivity index (χ1n) is 10.4. The van der Waals surface area contributed by atoms with Crippen molar-refractivity contribution >= 4 is 45.9 Å².